The number of carbonyl (C=O) groups excluding carboxylic acids is 1. The summed E-state index contributed by atoms with van der Waals surface area (Å²) in [6.07, 6.45) is 4.13. The molecule has 1 heterocycles. The Balaban J connectivity index is 1.81. The molecule has 1 saturated heterocycles. The highest BCUT2D eigenvalue weighted by Crippen LogP contribution is 2.36. The number of nitrogens with one attached hydrogen (secondary N) is 1. The molecule has 1 aliphatic rings. The Labute approximate surface area is 164 Å². The van der Waals surface area contributed by atoms with Gasteiger partial charge < -0.3 is 15.0 Å². The number of fused-ring (bicyclic) bond motifs is 1. The van der Waals surface area contributed by atoms with E-state index in [-0.39, 0.29) is 23.2 Å². The van der Waals surface area contributed by atoms with Crippen molar-refractivity contribution in [1.82, 2.24) is 10.2 Å². The van der Waals surface area contributed by atoms with Crippen LogP contribution in [-0.4, -0.2) is 48.5 Å². The van der Waals surface area contributed by atoms with Crippen LogP contribution in [0.15, 0.2) is 30.3 Å². The van der Waals surface area contributed by atoms with Crippen LogP contribution < -0.4 is 10.1 Å². The van der Waals surface area contributed by atoms with Crippen molar-refractivity contribution >= 4 is 22.4 Å². The number of likely N-dealkylation sites (tertiary alicyclic amines) is 1. The van der Waals surface area contributed by atoms with Crippen molar-refractivity contribution in [3.05, 3.63) is 46.0 Å². The number of amides is 1. The van der Waals surface area contributed by atoms with Crippen LogP contribution >= 0.6 is 0 Å². The van der Waals surface area contributed by atoms with Gasteiger partial charge in [0.15, 0.2) is 0 Å². The van der Waals surface area contributed by atoms with Crippen LogP contribution in [0, 0.1) is 10.1 Å². The standard InChI is InChI=1S/C21H27N3O4/c1-3-4-11-23-12-9-15(10-13-23)22-21(25)18-14-19(24(26)27)16-7-5-6-8-17(16)20(18)28-2/h5-8,14-15H,3-4,9-13H2,1-2H3,(H,22,25). The Bertz CT molecular complexity index is 860. The Kier molecular flexibility index (Phi) is 6.46. The van der Waals surface area contributed by atoms with E-state index in [9.17, 15) is 14.9 Å². The molecule has 0 aliphatic carbocycles. The van der Waals surface area contributed by atoms with E-state index in [1.807, 2.05) is 0 Å². The smallest absolute Gasteiger partial charge is 0.278 e. The number of hydrogen-bond acceptors (Lipinski definition) is 5. The van der Waals surface area contributed by atoms with E-state index in [4.69, 9.17) is 4.74 Å². The van der Waals surface area contributed by atoms with Gasteiger partial charge in [0.25, 0.3) is 11.6 Å². The normalized spacial score (nSPS) is 15.5. The van der Waals surface area contributed by atoms with Crippen LogP contribution in [0.5, 0.6) is 5.75 Å². The number of methoxy groups -OCH3 is 1. The fraction of sp³-hybridized carbons (Fsp3) is 0.476. The lowest BCUT2D eigenvalue weighted by molar-refractivity contribution is -0.383. The van der Waals surface area contributed by atoms with E-state index in [0.717, 1.165) is 32.5 Å². The fourth-order valence-corrected chi connectivity index (χ4v) is 3.81. The minimum absolute atomic E-state index is 0.0700. The first-order valence-corrected chi connectivity index (χ1v) is 9.82. The highest BCUT2D eigenvalue weighted by atomic mass is 16.6. The first-order valence-electron chi connectivity index (χ1n) is 9.82. The summed E-state index contributed by atoms with van der Waals surface area (Å²) >= 11 is 0. The van der Waals surface area contributed by atoms with Crippen molar-refractivity contribution in [2.24, 2.45) is 0 Å². The van der Waals surface area contributed by atoms with Crippen molar-refractivity contribution in [1.29, 1.82) is 0 Å². The second-order valence-electron chi connectivity index (χ2n) is 7.22. The molecular formula is C21H27N3O4. The van der Waals surface area contributed by atoms with Gasteiger partial charge in [-0.25, -0.2) is 0 Å². The predicted octanol–water partition coefficient (Wildman–Crippen LogP) is 3.75. The van der Waals surface area contributed by atoms with Crippen molar-refractivity contribution in [2.75, 3.05) is 26.7 Å². The van der Waals surface area contributed by atoms with E-state index in [1.165, 1.54) is 26.0 Å². The SMILES string of the molecule is CCCCN1CCC(NC(=O)c2cc([N+](=O)[O-])c3ccccc3c2OC)CC1. The van der Waals surface area contributed by atoms with Gasteiger partial charge in [-0.15, -0.1) is 0 Å². The van der Waals surface area contributed by atoms with Crippen LogP contribution in [-0.2, 0) is 0 Å². The lowest BCUT2D eigenvalue weighted by Crippen LogP contribution is -2.44. The number of benzene rings is 2. The highest BCUT2D eigenvalue weighted by Gasteiger charge is 2.26. The van der Waals surface area contributed by atoms with Gasteiger partial charge in [0.2, 0.25) is 0 Å². The zero-order valence-corrected chi connectivity index (χ0v) is 16.4. The molecule has 28 heavy (non-hydrogen) atoms. The molecule has 1 N–H and O–H groups in total. The van der Waals surface area contributed by atoms with Gasteiger partial charge in [0, 0.05) is 30.6 Å². The van der Waals surface area contributed by atoms with Crippen molar-refractivity contribution in [2.45, 2.75) is 38.6 Å². The number of ether oxygens (including phenoxy) is 1. The molecule has 0 radical (unpaired) electrons. The lowest BCUT2D eigenvalue weighted by atomic mass is 10.0. The van der Waals surface area contributed by atoms with E-state index in [0.29, 0.717) is 16.5 Å². The van der Waals surface area contributed by atoms with Crippen molar-refractivity contribution in [3.8, 4) is 5.75 Å². The summed E-state index contributed by atoms with van der Waals surface area (Å²) in [5.74, 6) is 0.0526. The largest absolute Gasteiger partial charge is 0.495 e. The maximum atomic E-state index is 12.9. The van der Waals surface area contributed by atoms with E-state index in [1.54, 1.807) is 24.3 Å². The summed E-state index contributed by atoms with van der Waals surface area (Å²) in [4.78, 5) is 26.4. The third-order valence-electron chi connectivity index (χ3n) is 5.37. The molecule has 0 spiro atoms. The van der Waals surface area contributed by atoms with Gasteiger partial charge >= 0.3 is 0 Å². The van der Waals surface area contributed by atoms with Crippen LogP contribution in [0.3, 0.4) is 0 Å². The summed E-state index contributed by atoms with van der Waals surface area (Å²) in [6.45, 7) is 5.20. The Morgan fingerprint density at radius 2 is 1.96 bits per heavy atom. The van der Waals surface area contributed by atoms with Gasteiger partial charge in [-0.05, 0) is 31.9 Å². The average molecular weight is 385 g/mol. The predicted molar refractivity (Wildman–Crippen MR) is 109 cm³/mol. The van der Waals surface area contributed by atoms with Gasteiger partial charge in [-0.1, -0.05) is 31.5 Å². The molecule has 1 amide bonds. The summed E-state index contributed by atoms with van der Waals surface area (Å²) in [5.41, 5.74) is 0.122. The molecule has 150 valence electrons. The van der Waals surface area contributed by atoms with E-state index >= 15 is 0 Å². The average Bonchev–Trinajstić information content (AvgIpc) is 2.71. The first-order chi connectivity index (χ1) is 13.5. The van der Waals surface area contributed by atoms with Gasteiger partial charge in [0.1, 0.15) is 5.75 Å². The third-order valence-corrected chi connectivity index (χ3v) is 5.37. The summed E-state index contributed by atoms with van der Waals surface area (Å²) in [6, 6.07) is 8.32. The van der Waals surface area contributed by atoms with Gasteiger partial charge in [0.05, 0.1) is 23.0 Å². The number of nitro groups is 1. The minimum Gasteiger partial charge on any atom is -0.495 e. The van der Waals surface area contributed by atoms with Gasteiger partial charge in [-0.2, -0.15) is 0 Å². The number of piperidine rings is 1. The summed E-state index contributed by atoms with van der Waals surface area (Å²) < 4.78 is 5.47. The molecule has 3 rings (SSSR count). The zero-order valence-electron chi connectivity index (χ0n) is 16.4. The van der Waals surface area contributed by atoms with E-state index in [2.05, 4.69) is 17.1 Å². The molecule has 0 aromatic heterocycles. The Hall–Kier alpha value is -2.67. The fourth-order valence-electron chi connectivity index (χ4n) is 3.81. The van der Waals surface area contributed by atoms with Crippen LogP contribution in [0.4, 0.5) is 5.69 Å². The summed E-state index contributed by atoms with van der Waals surface area (Å²) in [7, 11) is 1.48. The first kappa shape index (κ1) is 20.1. The molecule has 0 unspecified atom stereocenters. The quantitative estimate of drug-likeness (QED) is 0.580. The Morgan fingerprint density at radius 1 is 1.29 bits per heavy atom. The summed E-state index contributed by atoms with van der Waals surface area (Å²) in [5, 5.41) is 15.6. The minimum atomic E-state index is -0.454. The van der Waals surface area contributed by atoms with Crippen LogP contribution in [0.25, 0.3) is 10.8 Å². The van der Waals surface area contributed by atoms with Crippen LogP contribution in [0.1, 0.15) is 43.0 Å². The second-order valence-corrected chi connectivity index (χ2v) is 7.22. The third kappa shape index (κ3) is 4.25. The van der Waals surface area contributed by atoms with Crippen LogP contribution in [0.2, 0.25) is 0 Å². The second kappa shape index (κ2) is 9.01. The molecule has 2 aromatic carbocycles. The monoisotopic (exact) mass is 385 g/mol. The number of hydrogen-bond donors (Lipinski definition) is 1. The maximum absolute atomic E-state index is 12.9. The number of nitrogens with zero attached hydrogens (tertiary/aromatic N) is 2. The number of nitro benzene ring substituents is 1. The van der Waals surface area contributed by atoms with Crippen molar-refractivity contribution in [3.63, 3.8) is 0 Å². The molecule has 2 aromatic rings. The number of non-ortho nitro benzene ring substituents is 1. The number of unbranched alkanes of at least 4 members (excludes halogenated alkanes) is 1. The molecule has 0 bridgehead atoms. The topological polar surface area (TPSA) is 84.7 Å². The zero-order chi connectivity index (χ0) is 20.1. The molecule has 7 nitrogen and oxygen atoms in total. The molecule has 1 aliphatic heterocycles. The number of rotatable bonds is 7. The molecule has 1 fully saturated rings. The molecule has 0 saturated carbocycles. The lowest BCUT2D eigenvalue weighted by Gasteiger charge is -2.32. The van der Waals surface area contributed by atoms with E-state index < -0.39 is 4.92 Å². The Morgan fingerprint density at radius 3 is 2.57 bits per heavy atom. The highest BCUT2D eigenvalue weighted by molar-refractivity contribution is 6.07. The number of carbonyl (C=O) groups is 1. The molecular weight excluding hydrogens is 358 g/mol. The molecule has 7 heteroatoms. The van der Waals surface area contributed by atoms with Crippen molar-refractivity contribution < 1.29 is 14.5 Å². The molecule has 0 atom stereocenters. The maximum Gasteiger partial charge on any atom is 0.278 e. The van der Waals surface area contributed by atoms with Gasteiger partial charge in [-0.3, -0.25) is 14.9 Å².